The lowest BCUT2D eigenvalue weighted by molar-refractivity contribution is 0.458. The zero-order chi connectivity index (χ0) is 13.8. The highest BCUT2D eigenvalue weighted by molar-refractivity contribution is 9.10. The van der Waals surface area contributed by atoms with Gasteiger partial charge in [-0.3, -0.25) is 0 Å². The molecule has 0 spiro atoms. The zero-order valence-corrected chi connectivity index (χ0v) is 12.9. The quantitative estimate of drug-likeness (QED) is 0.925. The monoisotopic (exact) mass is 320 g/mol. The SMILES string of the molecule is CNCc1cnc(Oc2ccc(Br)c(C)c2)c(C)c1. The minimum absolute atomic E-state index is 0.654. The van der Waals surface area contributed by atoms with Gasteiger partial charge in [-0.05, 0) is 56.3 Å². The molecule has 0 atom stereocenters. The molecule has 0 saturated heterocycles. The summed E-state index contributed by atoms with van der Waals surface area (Å²) in [6.45, 7) is 4.85. The van der Waals surface area contributed by atoms with E-state index in [-0.39, 0.29) is 0 Å². The van der Waals surface area contributed by atoms with Crippen molar-refractivity contribution in [3.63, 3.8) is 0 Å². The third-order valence-corrected chi connectivity index (χ3v) is 3.70. The molecule has 3 nitrogen and oxygen atoms in total. The van der Waals surface area contributed by atoms with Crippen molar-refractivity contribution in [1.29, 1.82) is 0 Å². The molecule has 1 aromatic heterocycles. The predicted octanol–water partition coefficient (Wildman–Crippen LogP) is 3.97. The van der Waals surface area contributed by atoms with E-state index in [0.717, 1.165) is 33.5 Å². The zero-order valence-electron chi connectivity index (χ0n) is 11.3. The first-order valence-corrected chi connectivity index (χ1v) is 6.93. The molecule has 0 aliphatic heterocycles. The van der Waals surface area contributed by atoms with Crippen molar-refractivity contribution >= 4 is 15.9 Å². The molecule has 1 N–H and O–H groups in total. The molecule has 0 fully saturated rings. The van der Waals surface area contributed by atoms with Crippen molar-refractivity contribution in [2.24, 2.45) is 0 Å². The van der Waals surface area contributed by atoms with Gasteiger partial charge in [0, 0.05) is 22.8 Å². The van der Waals surface area contributed by atoms with Crippen LogP contribution in [0.15, 0.2) is 34.9 Å². The normalized spacial score (nSPS) is 10.5. The first-order chi connectivity index (χ1) is 9.10. The van der Waals surface area contributed by atoms with Crippen LogP contribution in [-0.4, -0.2) is 12.0 Å². The molecule has 1 heterocycles. The summed E-state index contributed by atoms with van der Waals surface area (Å²) in [6.07, 6.45) is 1.84. The van der Waals surface area contributed by atoms with E-state index in [1.54, 1.807) is 0 Å². The lowest BCUT2D eigenvalue weighted by atomic mass is 10.2. The van der Waals surface area contributed by atoms with E-state index in [2.05, 4.69) is 32.3 Å². The van der Waals surface area contributed by atoms with Crippen LogP contribution in [0, 0.1) is 13.8 Å². The van der Waals surface area contributed by atoms with Crippen molar-refractivity contribution in [3.05, 3.63) is 51.6 Å². The molecule has 4 heteroatoms. The molecule has 100 valence electrons. The highest BCUT2D eigenvalue weighted by Gasteiger charge is 2.05. The summed E-state index contributed by atoms with van der Waals surface area (Å²) < 4.78 is 6.90. The Labute approximate surface area is 122 Å². The van der Waals surface area contributed by atoms with Crippen LogP contribution in [0.5, 0.6) is 11.6 Å². The number of benzene rings is 1. The first kappa shape index (κ1) is 14.0. The predicted molar refractivity (Wildman–Crippen MR) is 80.7 cm³/mol. The van der Waals surface area contributed by atoms with E-state index in [4.69, 9.17) is 4.74 Å². The van der Waals surface area contributed by atoms with Crippen molar-refractivity contribution in [1.82, 2.24) is 10.3 Å². The van der Waals surface area contributed by atoms with Crippen LogP contribution in [0.3, 0.4) is 0 Å². The van der Waals surface area contributed by atoms with Crippen LogP contribution >= 0.6 is 15.9 Å². The van der Waals surface area contributed by atoms with Crippen molar-refractivity contribution in [2.75, 3.05) is 7.05 Å². The van der Waals surface area contributed by atoms with E-state index in [1.807, 2.05) is 45.3 Å². The number of aryl methyl sites for hydroxylation is 2. The third-order valence-electron chi connectivity index (χ3n) is 2.81. The van der Waals surface area contributed by atoms with Gasteiger partial charge < -0.3 is 10.1 Å². The summed E-state index contributed by atoms with van der Waals surface area (Å²) in [6, 6.07) is 7.99. The number of hydrogen-bond donors (Lipinski definition) is 1. The number of ether oxygens (including phenoxy) is 1. The van der Waals surface area contributed by atoms with Gasteiger partial charge in [0.25, 0.3) is 0 Å². The van der Waals surface area contributed by atoms with Gasteiger partial charge in [-0.1, -0.05) is 15.9 Å². The Bertz CT molecular complexity index is 584. The Morgan fingerprint density at radius 3 is 2.63 bits per heavy atom. The maximum atomic E-state index is 5.83. The van der Waals surface area contributed by atoms with Crippen LogP contribution in [0.25, 0.3) is 0 Å². The lowest BCUT2D eigenvalue weighted by Gasteiger charge is -2.10. The minimum Gasteiger partial charge on any atom is -0.439 e. The van der Waals surface area contributed by atoms with Gasteiger partial charge >= 0.3 is 0 Å². The second-order valence-electron chi connectivity index (χ2n) is 4.51. The first-order valence-electron chi connectivity index (χ1n) is 6.14. The van der Waals surface area contributed by atoms with Crippen LogP contribution in [0.2, 0.25) is 0 Å². The van der Waals surface area contributed by atoms with Crippen LogP contribution in [-0.2, 0) is 6.54 Å². The maximum absolute atomic E-state index is 5.83. The molecule has 0 aliphatic rings. The highest BCUT2D eigenvalue weighted by Crippen LogP contribution is 2.27. The number of nitrogens with zero attached hydrogens (tertiary/aromatic N) is 1. The summed E-state index contributed by atoms with van der Waals surface area (Å²) in [5.74, 6) is 1.46. The van der Waals surface area contributed by atoms with Gasteiger partial charge in [-0.15, -0.1) is 0 Å². The minimum atomic E-state index is 0.654. The van der Waals surface area contributed by atoms with E-state index >= 15 is 0 Å². The molecule has 2 aromatic rings. The molecular weight excluding hydrogens is 304 g/mol. The number of halogens is 1. The molecule has 0 saturated carbocycles. The summed E-state index contributed by atoms with van der Waals surface area (Å²) in [5, 5.41) is 3.11. The van der Waals surface area contributed by atoms with Gasteiger partial charge in [0.2, 0.25) is 5.88 Å². The Hall–Kier alpha value is -1.39. The molecule has 1 aromatic carbocycles. The number of pyridine rings is 1. The number of nitrogens with one attached hydrogen (secondary N) is 1. The second-order valence-corrected chi connectivity index (χ2v) is 5.36. The number of rotatable bonds is 4. The van der Waals surface area contributed by atoms with Gasteiger partial charge in [0.05, 0.1) is 0 Å². The topological polar surface area (TPSA) is 34.2 Å². The van der Waals surface area contributed by atoms with Gasteiger partial charge in [-0.25, -0.2) is 4.98 Å². The fourth-order valence-corrected chi connectivity index (χ4v) is 2.07. The maximum Gasteiger partial charge on any atom is 0.222 e. The standard InChI is InChI=1S/C15H17BrN2O/c1-10-7-13(4-5-14(10)16)19-15-11(2)6-12(8-17-3)9-18-15/h4-7,9,17H,8H2,1-3H3. The Kier molecular flexibility index (Phi) is 4.56. The Morgan fingerprint density at radius 1 is 1.21 bits per heavy atom. The van der Waals surface area contributed by atoms with E-state index in [1.165, 1.54) is 0 Å². The van der Waals surface area contributed by atoms with E-state index in [0.29, 0.717) is 5.88 Å². The highest BCUT2D eigenvalue weighted by atomic mass is 79.9. The average molecular weight is 321 g/mol. The smallest absolute Gasteiger partial charge is 0.222 e. The molecule has 0 amide bonds. The fourth-order valence-electron chi connectivity index (χ4n) is 1.82. The van der Waals surface area contributed by atoms with Crippen LogP contribution in [0.4, 0.5) is 0 Å². The largest absolute Gasteiger partial charge is 0.439 e. The summed E-state index contributed by atoms with van der Waals surface area (Å²) in [7, 11) is 1.92. The average Bonchev–Trinajstić information content (AvgIpc) is 2.37. The molecule has 0 aliphatic carbocycles. The molecule has 0 unspecified atom stereocenters. The van der Waals surface area contributed by atoms with Gasteiger partial charge in [0.1, 0.15) is 5.75 Å². The Balaban J connectivity index is 2.20. The number of hydrogen-bond acceptors (Lipinski definition) is 3. The lowest BCUT2D eigenvalue weighted by Crippen LogP contribution is -2.06. The molecular formula is C15H17BrN2O. The molecule has 2 rings (SSSR count). The third kappa shape index (κ3) is 3.55. The number of aromatic nitrogens is 1. The van der Waals surface area contributed by atoms with Crippen LogP contribution < -0.4 is 10.1 Å². The van der Waals surface area contributed by atoms with Gasteiger partial charge in [0.15, 0.2) is 0 Å². The second kappa shape index (κ2) is 6.17. The summed E-state index contributed by atoms with van der Waals surface area (Å²) in [5.41, 5.74) is 3.33. The van der Waals surface area contributed by atoms with Crippen LogP contribution in [0.1, 0.15) is 16.7 Å². The van der Waals surface area contributed by atoms with E-state index < -0.39 is 0 Å². The van der Waals surface area contributed by atoms with Crippen molar-refractivity contribution in [2.45, 2.75) is 20.4 Å². The van der Waals surface area contributed by atoms with Gasteiger partial charge in [-0.2, -0.15) is 0 Å². The summed E-state index contributed by atoms with van der Waals surface area (Å²) in [4.78, 5) is 4.37. The molecule has 0 radical (unpaired) electrons. The molecule has 19 heavy (non-hydrogen) atoms. The van der Waals surface area contributed by atoms with Crippen molar-refractivity contribution < 1.29 is 4.74 Å². The summed E-state index contributed by atoms with van der Waals surface area (Å²) >= 11 is 3.48. The van der Waals surface area contributed by atoms with Crippen molar-refractivity contribution in [3.8, 4) is 11.6 Å². The van der Waals surface area contributed by atoms with E-state index in [9.17, 15) is 0 Å². The Morgan fingerprint density at radius 2 is 2.00 bits per heavy atom. The fraction of sp³-hybridized carbons (Fsp3) is 0.267. The molecule has 0 bridgehead atoms.